The average Bonchev–Trinajstić information content (AvgIpc) is 2.77. The quantitative estimate of drug-likeness (QED) is 0.877. The van der Waals surface area contributed by atoms with Gasteiger partial charge in [0.1, 0.15) is 5.76 Å². The molecule has 0 saturated heterocycles. The summed E-state index contributed by atoms with van der Waals surface area (Å²) < 4.78 is 32.8. The van der Waals surface area contributed by atoms with Gasteiger partial charge in [-0.2, -0.15) is 0 Å². The lowest BCUT2D eigenvalue weighted by Crippen LogP contribution is -2.28. The third-order valence-electron chi connectivity index (χ3n) is 3.34. The van der Waals surface area contributed by atoms with Gasteiger partial charge in [0, 0.05) is 18.2 Å². The molecule has 114 valence electrons. The topological polar surface area (TPSA) is 98.2 Å². The molecule has 0 aliphatic heterocycles. The highest BCUT2D eigenvalue weighted by molar-refractivity contribution is 7.89. The van der Waals surface area contributed by atoms with E-state index >= 15 is 0 Å². The molecule has 1 heterocycles. The first-order chi connectivity index (χ1) is 9.86. The molecule has 1 atom stereocenters. The second kappa shape index (κ2) is 5.97. The third-order valence-corrected chi connectivity index (χ3v) is 4.98. The fourth-order valence-electron chi connectivity index (χ4n) is 2.40. The highest BCUT2D eigenvalue weighted by Gasteiger charge is 2.24. The Morgan fingerprint density at radius 1 is 1.33 bits per heavy atom. The Labute approximate surface area is 124 Å². The van der Waals surface area contributed by atoms with Crippen LogP contribution >= 0.6 is 0 Å². The van der Waals surface area contributed by atoms with Crippen LogP contribution < -0.4 is 10.5 Å². The van der Waals surface area contributed by atoms with Crippen LogP contribution in [0.2, 0.25) is 0 Å². The zero-order valence-corrected chi connectivity index (χ0v) is 13.1. The lowest BCUT2D eigenvalue weighted by Gasteiger charge is -2.15. The van der Waals surface area contributed by atoms with E-state index in [-0.39, 0.29) is 11.4 Å². The number of rotatable bonds is 5. The van der Waals surface area contributed by atoms with E-state index in [1.807, 2.05) is 0 Å². The van der Waals surface area contributed by atoms with Crippen LogP contribution in [0.15, 0.2) is 33.7 Å². The molecule has 0 amide bonds. The molecule has 21 heavy (non-hydrogen) atoms. The number of nitrogens with one attached hydrogen (secondary N) is 1. The van der Waals surface area contributed by atoms with Gasteiger partial charge in [0.2, 0.25) is 10.0 Å². The maximum atomic E-state index is 12.5. The van der Waals surface area contributed by atoms with Crippen LogP contribution in [0.5, 0.6) is 0 Å². The number of aromatic nitrogens is 1. The van der Waals surface area contributed by atoms with E-state index in [2.05, 4.69) is 9.88 Å². The van der Waals surface area contributed by atoms with E-state index in [9.17, 15) is 8.42 Å². The highest BCUT2D eigenvalue weighted by Crippen LogP contribution is 2.24. The van der Waals surface area contributed by atoms with Gasteiger partial charge in [0.15, 0.2) is 0 Å². The van der Waals surface area contributed by atoms with Gasteiger partial charge in [-0.15, -0.1) is 0 Å². The first-order valence-corrected chi connectivity index (χ1v) is 8.08. The van der Waals surface area contributed by atoms with Gasteiger partial charge in [-0.05, 0) is 32.4 Å². The zero-order chi connectivity index (χ0) is 15.6. The lowest BCUT2D eigenvalue weighted by molar-refractivity contribution is 0.391. The molecule has 0 radical (unpaired) electrons. The average molecular weight is 309 g/mol. The Morgan fingerprint density at radius 3 is 2.57 bits per heavy atom. The van der Waals surface area contributed by atoms with Crippen molar-refractivity contribution < 1.29 is 12.9 Å². The van der Waals surface area contributed by atoms with Crippen LogP contribution in [-0.4, -0.2) is 13.6 Å². The Morgan fingerprint density at radius 2 is 2.00 bits per heavy atom. The van der Waals surface area contributed by atoms with Crippen molar-refractivity contribution in [3.05, 3.63) is 46.8 Å². The molecule has 7 heteroatoms. The number of sulfonamides is 1. The molecular formula is C14H19N3O3S. The normalized spacial score (nSPS) is 13.3. The highest BCUT2D eigenvalue weighted by atomic mass is 32.2. The van der Waals surface area contributed by atoms with Crippen molar-refractivity contribution >= 4 is 10.0 Å². The van der Waals surface area contributed by atoms with Crippen LogP contribution in [0.4, 0.5) is 0 Å². The van der Waals surface area contributed by atoms with Crippen molar-refractivity contribution in [1.29, 1.82) is 0 Å². The van der Waals surface area contributed by atoms with Crippen LogP contribution in [0, 0.1) is 13.8 Å². The fraction of sp³-hybridized carbons (Fsp3) is 0.357. The summed E-state index contributed by atoms with van der Waals surface area (Å²) in [6, 6.07) is 6.25. The predicted molar refractivity (Wildman–Crippen MR) is 79.0 cm³/mol. The van der Waals surface area contributed by atoms with E-state index in [0.717, 1.165) is 5.56 Å². The van der Waals surface area contributed by atoms with E-state index in [0.29, 0.717) is 17.0 Å². The molecule has 6 nitrogen and oxygen atoms in total. The second-order valence-electron chi connectivity index (χ2n) is 4.89. The number of benzene rings is 1. The molecule has 0 aliphatic carbocycles. The number of aryl methyl sites for hydroxylation is 2. The maximum Gasteiger partial charge on any atom is 0.241 e. The van der Waals surface area contributed by atoms with Gasteiger partial charge < -0.3 is 10.3 Å². The Hall–Kier alpha value is -1.70. The molecule has 2 aromatic rings. The molecular weight excluding hydrogens is 290 g/mol. The summed E-state index contributed by atoms with van der Waals surface area (Å²) in [5, 5.41) is 3.84. The van der Waals surface area contributed by atoms with Gasteiger partial charge in [0.05, 0.1) is 10.6 Å². The molecule has 0 aliphatic rings. The minimum Gasteiger partial charge on any atom is -0.361 e. The maximum absolute atomic E-state index is 12.5. The summed E-state index contributed by atoms with van der Waals surface area (Å²) in [6.45, 7) is 5.46. The van der Waals surface area contributed by atoms with Crippen molar-refractivity contribution in [1.82, 2.24) is 9.88 Å². The van der Waals surface area contributed by atoms with Gasteiger partial charge in [-0.1, -0.05) is 23.4 Å². The van der Waals surface area contributed by atoms with Crippen molar-refractivity contribution in [2.75, 3.05) is 0 Å². The second-order valence-corrected chi connectivity index (χ2v) is 6.58. The summed E-state index contributed by atoms with van der Waals surface area (Å²) >= 11 is 0. The standard InChI is InChI=1S/C14H19N3O3S/c1-9-14(11(3)20-16-9)10(2)17-21(18,19)13-7-5-4-6-12(13)8-15/h4-7,10,17H,8,15H2,1-3H3. The monoisotopic (exact) mass is 309 g/mol. The summed E-state index contributed by atoms with van der Waals surface area (Å²) in [6.07, 6.45) is 0. The van der Waals surface area contributed by atoms with Crippen molar-refractivity contribution in [3.8, 4) is 0 Å². The number of hydrogen-bond donors (Lipinski definition) is 2. The first kappa shape index (κ1) is 15.7. The lowest BCUT2D eigenvalue weighted by atomic mass is 10.1. The molecule has 0 saturated carbocycles. The molecule has 2 rings (SSSR count). The Bertz CT molecular complexity index is 718. The summed E-state index contributed by atoms with van der Waals surface area (Å²) in [4.78, 5) is 0.200. The van der Waals surface area contributed by atoms with Gasteiger partial charge in [-0.25, -0.2) is 13.1 Å². The van der Waals surface area contributed by atoms with Crippen molar-refractivity contribution in [2.45, 2.75) is 38.3 Å². The van der Waals surface area contributed by atoms with Gasteiger partial charge in [-0.3, -0.25) is 0 Å². The summed E-state index contributed by atoms with van der Waals surface area (Å²) in [5.74, 6) is 0.606. The molecule has 0 spiro atoms. The van der Waals surface area contributed by atoms with Gasteiger partial charge in [0.25, 0.3) is 0 Å². The Kier molecular flexibility index (Phi) is 4.46. The van der Waals surface area contributed by atoms with E-state index < -0.39 is 16.1 Å². The molecule has 1 aromatic carbocycles. The van der Waals surface area contributed by atoms with Crippen LogP contribution in [0.1, 0.15) is 35.5 Å². The summed E-state index contributed by atoms with van der Waals surface area (Å²) in [7, 11) is -3.66. The van der Waals surface area contributed by atoms with E-state index in [1.54, 1.807) is 45.0 Å². The first-order valence-electron chi connectivity index (χ1n) is 6.60. The van der Waals surface area contributed by atoms with Crippen LogP contribution in [0.25, 0.3) is 0 Å². The van der Waals surface area contributed by atoms with Crippen LogP contribution in [0.3, 0.4) is 0 Å². The number of hydrogen-bond acceptors (Lipinski definition) is 5. The fourth-order valence-corrected chi connectivity index (χ4v) is 3.86. The number of nitrogens with zero attached hydrogens (tertiary/aromatic N) is 1. The van der Waals surface area contributed by atoms with Gasteiger partial charge >= 0.3 is 0 Å². The Balaban J connectivity index is 2.34. The van der Waals surface area contributed by atoms with E-state index in [1.165, 1.54) is 0 Å². The smallest absolute Gasteiger partial charge is 0.241 e. The van der Waals surface area contributed by atoms with E-state index in [4.69, 9.17) is 10.3 Å². The molecule has 1 aromatic heterocycles. The SMILES string of the molecule is Cc1noc(C)c1C(C)NS(=O)(=O)c1ccccc1CN. The third kappa shape index (κ3) is 3.15. The minimum atomic E-state index is -3.66. The molecule has 1 unspecified atom stereocenters. The van der Waals surface area contributed by atoms with Crippen molar-refractivity contribution in [3.63, 3.8) is 0 Å². The summed E-state index contributed by atoms with van der Waals surface area (Å²) in [5.41, 5.74) is 7.61. The zero-order valence-electron chi connectivity index (χ0n) is 12.3. The predicted octanol–water partition coefficient (Wildman–Crippen LogP) is 1.79. The van der Waals surface area contributed by atoms with Crippen molar-refractivity contribution in [2.24, 2.45) is 5.73 Å². The molecule has 0 bridgehead atoms. The number of nitrogens with two attached hydrogens (primary N) is 1. The molecule has 3 N–H and O–H groups in total. The van der Waals surface area contributed by atoms with Crippen LogP contribution in [-0.2, 0) is 16.6 Å². The largest absolute Gasteiger partial charge is 0.361 e. The molecule has 0 fully saturated rings. The minimum absolute atomic E-state index is 0.163.